The van der Waals surface area contributed by atoms with Crippen LogP contribution in [0.5, 0.6) is 0 Å². The molecule has 2 rings (SSSR count). The van der Waals surface area contributed by atoms with E-state index in [1.165, 1.54) is 18.2 Å². The van der Waals surface area contributed by atoms with Gasteiger partial charge in [0.25, 0.3) is 0 Å². The second kappa shape index (κ2) is 8.29. The highest BCUT2D eigenvalue weighted by atomic mass is 35.5. The van der Waals surface area contributed by atoms with Crippen molar-refractivity contribution in [3.63, 3.8) is 0 Å². The van der Waals surface area contributed by atoms with Crippen molar-refractivity contribution < 1.29 is 13.9 Å². The molecule has 1 aromatic heterocycles. The standard InChI is InChI=1S/C17H22ClFN4O2/c1-17(2,3)25-16(24)21-9-5-4-8-20-15-14(18)22-12-7-6-11(19)10-13(12)23-15/h6-7,10H,4-5,8-9H2,1-3H3,(H,20,23)(H,21,24). The van der Waals surface area contributed by atoms with Crippen molar-refractivity contribution in [2.75, 3.05) is 18.4 Å². The van der Waals surface area contributed by atoms with Crippen molar-refractivity contribution in [3.05, 3.63) is 29.2 Å². The van der Waals surface area contributed by atoms with Crippen LogP contribution in [0.1, 0.15) is 33.6 Å². The molecule has 1 aromatic carbocycles. The highest BCUT2D eigenvalue weighted by Gasteiger charge is 2.15. The van der Waals surface area contributed by atoms with Crippen LogP contribution in [0.2, 0.25) is 5.15 Å². The molecule has 1 heterocycles. The topological polar surface area (TPSA) is 76.1 Å². The zero-order valence-electron chi connectivity index (χ0n) is 14.5. The Morgan fingerprint density at radius 3 is 2.64 bits per heavy atom. The fourth-order valence-electron chi connectivity index (χ4n) is 2.08. The minimum atomic E-state index is -0.503. The van der Waals surface area contributed by atoms with Gasteiger partial charge in [0.1, 0.15) is 11.4 Å². The summed E-state index contributed by atoms with van der Waals surface area (Å²) in [5.41, 5.74) is 0.480. The summed E-state index contributed by atoms with van der Waals surface area (Å²) in [6.45, 7) is 6.56. The van der Waals surface area contributed by atoms with Gasteiger partial charge in [-0.15, -0.1) is 0 Å². The fraction of sp³-hybridized carbons (Fsp3) is 0.471. The SMILES string of the molecule is CC(C)(C)OC(=O)NCCCCNc1nc2cc(F)ccc2nc1Cl. The summed E-state index contributed by atoms with van der Waals surface area (Å²) in [6, 6.07) is 4.17. The van der Waals surface area contributed by atoms with Crippen molar-refractivity contribution in [1.29, 1.82) is 0 Å². The third kappa shape index (κ3) is 6.34. The maximum Gasteiger partial charge on any atom is 0.407 e. The predicted molar refractivity (Wildman–Crippen MR) is 96.5 cm³/mol. The number of ether oxygens (including phenoxy) is 1. The lowest BCUT2D eigenvalue weighted by atomic mass is 10.2. The second-order valence-electron chi connectivity index (χ2n) is 6.56. The third-order valence-electron chi connectivity index (χ3n) is 3.15. The molecule has 6 nitrogen and oxygen atoms in total. The third-order valence-corrected chi connectivity index (χ3v) is 3.41. The highest BCUT2D eigenvalue weighted by Crippen LogP contribution is 2.21. The van der Waals surface area contributed by atoms with E-state index in [4.69, 9.17) is 16.3 Å². The van der Waals surface area contributed by atoms with Crippen LogP contribution in [0.25, 0.3) is 11.0 Å². The van der Waals surface area contributed by atoms with Gasteiger partial charge in [-0.2, -0.15) is 0 Å². The van der Waals surface area contributed by atoms with Crippen LogP contribution < -0.4 is 10.6 Å². The van der Waals surface area contributed by atoms with Crippen LogP contribution >= 0.6 is 11.6 Å². The van der Waals surface area contributed by atoms with Gasteiger partial charge in [0.15, 0.2) is 11.0 Å². The molecular weight excluding hydrogens is 347 g/mol. The van der Waals surface area contributed by atoms with Gasteiger partial charge < -0.3 is 15.4 Å². The molecule has 136 valence electrons. The molecule has 0 radical (unpaired) electrons. The molecule has 25 heavy (non-hydrogen) atoms. The van der Waals surface area contributed by atoms with Crippen LogP contribution in [0.3, 0.4) is 0 Å². The monoisotopic (exact) mass is 368 g/mol. The lowest BCUT2D eigenvalue weighted by Crippen LogP contribution is -2.33. The summed E-state index contributed by atoms with van der Waals surface area (Å²) >= 11 is 6.08. The number of unbranched alkanes of at least 4 members (excludes halogenated alkanes) is 1. The number of halogens is 2. The number of amides is 1. The number of nitrogens with one attached hydrogen (secondary N) is 2. The molecule has 0 saturated carbocycles. The maximum atomic E-state index is 13.3. The van der Waals surface area contributed by atoms with E-state index < -0.39 is 11.7 Å². The Bertz CT molecular complexity index is 749. The molecule has 0 aliphatic carbocycles. The molecule has 8 heteroatoms. The molecule has 2 aromatic rings. The van der Waals surface area contributed by atoms with E-state index in [0.717, 1.165) is 12.8 Å². The lowest BCUT2D eigenvalue weighted by Gasteiger charge is -2.19. The van der Waals surface area contributed by atoms with Gasteiger partial charge in [0.2, 0.25) is 0 Å². The zero-order valence-corrected chi connectivity index (χ0v) is 15.3. The smallest absolute Gasteiger partial charge is 0.407 e. The van der Waals surface area contributed by atoms with Crippen molar-refractivity contribution in [2.24, 2.45) is 0 Å². The van der Waals surface area contributed by atoms with E-state index in [9.17, 15) is 9.18 Å². The first-order valence-electron chi connectivity index (χ1n) is 8.08. The number of alkyl carbamates (subject to hydrolysis) is 1. The van der Waals surface area contributed by atoms with Crippen LogP contribution in [-0.2, 0) is 4.74 Å². The average molecular weight is 369 g/mol. The molecule has 0 aliphatic heterocycles. The van der Waals surface area contributed by atoms with E-state index >= 15 is 0 Å². The Balaban J connectivity index is 1.76. The number of carbonyl (C=O) groups excluding carboxylic acids is 1. The minimum absolute atomic E-state index is 0.242. The lowest BCUT2D eigenvalue weighted by molar-refractivity contribution is 0.0527. The van der Waals surface area contributed by atoms with E-state index in [-0.39, 0.29) is 11.0 Å². The molecule has 1 amide bonds. The van der Waals surface area contributed by atoms with Gasteiger partial charge in [0, 0.05) is 19.2 Å². The summed E-state index contributed by atoms with van der Waals surface area (Å²) in [6.07, 6.45) is 1.13. The summed E-state index contributed by atoms with van der Waals surface area (Å²) in [5.74, 6) is 0.0446. The van der Waals surface area contributed by atoms with Gasteiger partial charge in [-0.25, -0.2) is 19.2 Å². The number of fused-ring (bicyclic) bond motifs is 1. The number of nitrogens with zero attached hydrogens (tertiary/aromatic N) is 2. The van der Waals surface area contributed by atoms with E-state index in [1.54, 1.807) is 0 Å². The molecule has 0 spiro atoms. The quantitative estimate of drug-likeness (QED) is 0.749. The van der Waals surface area contributed by atoms with Crippen LogP contribution in [0, 0.1) is 5.82 Å². The van der Waals surface area contributed by atoms with Gasteiger partial charge in [0.05, 0.1) is 11.0 Å². The molecule has 0 bridgehead atoms. The molecule has 0 atom stereocenters. The molecule has 0 aliphatic rings. The summed E-state index contributed by atoms with van der Waals surface area (Å²) in [7, 11) is 0. The Morgan fingerprint density at radius 1 is 1.20 bits per heavy atom. The minimum Gasteiger partial charge on any atom is -0.444 e. The maximum absolute atomic E-state index is 13.3. The van der Waals surface area contributed by atoms with Crippen molar-refractivity contribution >= 4 is 34.5 Å². The highest BCUT2D eigenvalue weighted by molar-refractivity contribution is 6.32. The van der Waals surface area contributed by atoms with Gasteiger partial charge in [-0.05, 0) is 45.7 Å². The van der Waals surface area contributed by atoms with E-state index in [2.05, 4.69) is 20.6 Å². The van der Waals surface area contributed by atoms with Gasteiger partial charge in [-0.1, -0.05) is 11.6 Å². The first kappa shape index (κ1) is 19.2. The summed E-state index contributed by atoms with van der Waals surface area (Å²) < 4.78 is 18.4. The van der Waals surface area contributed by atoms with E-state index in [0.29, 0.717) is 29.9 Å². The molecular formula is C17H22ClFN4O2. The number of hydrogen-bond donors (Lipinski definition) is 2. The first-order chi connectivity index (χ1) is 11.7. The van der Waals surface area contributed by atoms with Crippen LogP contribution in [0.4, 0.5) is 15.0 Å². The van der Waals surface area contributed by atoms with Crippen LogP contribution in [-0.4, -0.2) is 34.8 Å². The zero-order chi connectivity index (χ0) is 18.4. The number of carbonyl (C=O) groups is 1. The van der Waals surface area contributed by atoms with Crippen molar-refractivity contribution in [1.82, 2.24) is 15.3 Å². The summed E-state index contributed by atoms with van der Waals surface area (Å²) in [4.78, 5) is 20.0. The molecule has 0 saturated heterocycles. The number of anilines is 1. The fourth-order valence-corrected chi connectivity index (χ4v) is 2.28. The number of hydrogen-bond acceptors (Lipinski definition) is 5. The largest absolute Gasteiger partial charge is 0.444 e. The molecule has 0 unspecified atom stereocenters. The Labute approximate surface area is 151 Å². The van der Waals surface area contributed by atoms with Crippen LogP contribution in [0.15, 0.2) is 18.2 Å². The van der Waals surface area contributed by atoms with E-state index in [1.807, 2.05) is 20.8 Å². The molecule has 0 fully saturated rings. The van der Waals surface area contributed by atoms with Crippen molar-refractivity contribution in [3.8, 4) is 0 Å². The van der Waals surface area contributed by atoms with Gasteiger partial charge in [-0.3, -0.25) is 0 Å². The Hall–Kier alpha value is -2.15. The first-order valence-corrected chi connectivity index (χ1v) is 8.46. The Morgan fingerprint density at radius 2 is 1.92 bits per heavy atom. The predicted octanol–water partition coefficient (Wildman–Crippen LogP) is 4.14. The number of aromatic nitrogens is 2. The molecule has 2 N–H and O–H groups in total. The number of benzene rings is 1. The van der Waals surface area contributed by atoms with Crippen molar-refractivity contribution in [2.45, 2.75) is 39.2 Å². The number of rotatable bonds is 6. The Kier molecular flexibility index (Phi) is 6.36. The average Bonchev–Trinajstić information content (AvgIpc) is 2.49. The normalized spacial score (nSPS) is 11.4. The summed E-state index contributed by atoms with van der Waals surface area (Å²) in [5, 5.41) is 6.02. The second-order valence-corrected chi connectivity index (χ2v) is 6.92. The van der Waals surface area contributed by atoms with Gasteiger partial charge >= 0.3 is 6.09 Å².